The van der Waals surface area contributed by atoms with Crippen LogP contribution in [0.2, 0.25) is 0 Å². The van der Waals surface area contributed by atoms with Gasteiger partial charge in [-0.2, -0.15) is 0 Å². The number of hydrogen-bond donors (Lipinski definition) is 2. The summed E-state index contributed by atoms with van der Waals surface area (Å²) in [6, 6.07) is 5.54. The first-order chi connectivity index (χ1) is 9.20. The summed E-state index contributed by atoms with van der Waals surface area (Å²) in [6.07, 6.45) is 2.12. The molecule has 0 aliphatic carbocycles. The molecule has 1 amide bonds. The third-order valence-corrected chi connectivity index (χ3v) is 4.50. The average molecular weight is 280 g/mol. The van der Waals surface area contributed by atoms with Crippen molar-refractivity contribution in [1.82, 2.24) is 5.32 Å². The van der Waals surface area contributed by atoms with Gasteiger partial charge in [-0.25, -0.2) is 0 Å². The van der Waals surface area contributed by atoms with Crippen LogP contribution in [0.15, 0.2) is 23.1 Å². The smallest absolute Gasteiger partial charge is 0.251 e. The van der Waals surface area contributed by atoms with Crippen molar-refractivity contribution in [2.24, 2.45) is 0 Å². The largest absolute Gasteiger partial charge is 0.398 e. The fraction of sp³-hybridized carbons (Fsp3) is 0.500. The number of thioether (sulfide) groups is 1. The second-order valence-corrected chi connectivity index (χ2v) is 5.88. The van der Waals surface area contributed by atoms with Crippen LogP contribution in [0.1, 0.15) is 30.1 Å². The molecule has 1 fully saturated rings. The molecule has 4 nitrogen and oxygen atoms in total. The number of nitrogens with two attached hydrogens (primary N) is 1. The number of anilines is 1. The van der Waals surface area contributed by atoms with E-state index in [4.69, 9.17) is 10.5 Å². The second kappa shape index (κ2) is 6.82. The van der Waals surface area contributed by atoms with E-state index >= 15 is 0 Å². The third-order valence-electron chi connectivity index (χ3n) is 3.07. The van der Waals surface area contributed by atoms with Crippen molar-refractivity contribution in [2.75, 3.05) is 25.5 Å². The van der Waals surface area contributed by atoms with Gasteiger partial charge in [-0.15, -0.1) is 11.8 Å². The van der Waals surface area contributed by atoms with Crippen LogP contribution in [0, 0.1) is 0 Å². The fourth-order valence-electron chi connectivity index (χ4n) is 2.03. The Morgan fingerprint density at radius 3 is 2.84 bits per heavy atom. The molecule has 0 radical (unpaired) electrons. The number of amides is 1. The Morgan fingerprint density at radius 1 is 1.47 bits per heavy atom. The zero-order valence-corrected chi connectivity index (χ0v) is 12.0. The molecule has 2 rings (SSSR count). The van der Waals surface area contributed by atoms with E-state index in [0.717, 1.165) is 31.0 Å². The standard InChI is InChI=1S/C14H20N2O2S/c1-2-16-14(17)10-3-4-13(12(15)9-10)19-11-5-7-18-8-6-11/h3-4,9,11H,2,5-8,15H2,1H3,(H,16,17). The van der Waals surface area contributed by atoms with Crippen LogP contribution in [0.4, 0.5) is 5.69 Å². The lowest BCUT2D eigenvalue weighted by Gasteiger charge is -2.22. The van der Waals surface area contributed by atoms with Gasteiger partial charge in [0.15, 0.2) is 0 Å². The van der Waals surface area contributed by atoms with Gasteiger partial charge in [-0.1, -0.05) is 0 Å². The predicted octanol–water partition coefficient (Wildman–Crippen LogP) is 2.29. The summed E-state index contributed by atoms with van der Waals surface area (Å²) < 4.78 is 5.35. The van der Waals surface area contributed by atoms with Crippen molar-refractivity contribution in [2.45, 2.75) is 29.9 Å². The van der Waals surface area contributed by atoms with E-state index in [1.54, 1.807) is 17.8 Å². The Hall–Kier alpha value is -1.20. The maximum absolute atomic E-state index is 11.7. The number of rotatable bonds is 4. The first-order valence-corrected chi connectivity index (χ1v) is 7.50. The predicted molar refractivity (Wildman–Crippen MR) is 78.6 cm³/mol. The lowest BCUT2D eigenvalue weighted by molar-refractivity contribution is 0.0955. The average Bonchev–Trinajstić information content (AvgIpc) is 2.42. The molecule has 19 heavy (non-hydrogen) atoms. The first kappa shape index (κ1) is 14.2. The monoisotopic (exact) mass is 280 g/mol. The molecule has 1 heterocycles. The Kier molecular flexibility index (Phi) is 5.10. The van der Waals surface area contributed by atoms with Gasteiger partial charge >= 0.3 is 0 Å². The minimum absolute atomic E-state index is 0.0724. The number of ether oxygens (including phenoxy) is 1. The van der Waals surface area contributed by atoms with Gasteiger partial charge in [-0.3, -0.25) is 4.79 Å². The molecule has 0 unspecified atom stereocenters. The summed E-state index contributed by atoms with van der Waals surface area (Å²) in [7, 11) is 0. The second-order valence-electron chi connectivity index (χ2n) is 4.54. The van der Waals surface area contributed by atoms with Gasteiger partial charge in [-0.05, 0) is 38.0 Å². The van der Waals surface area contributed by atoms with Gasteiger partial charge in [0, 0.05) is 41.2 Å². The van der Waals surface area contributed by atoms with Crippen LogP contribution < -0.4 is 11.1 Å². The number of hydrogen-bond acceptors (Lipinski definition) is 4. The van der Waals surface area contributed by atoms with E-state index in [9.17, 15) is 4.79 Å². The van der Waals surface area contributed by atoms with Crippen molar-refractivity contribution in [3.8, 4) is 0 Å². The quantitative estimate of drug-likeness (QED) is 0.831. The van der Waals surface area contributed by atoms with Crippen LogP contribution in [0.5, 0.6) is 0 Å². The van der Waals surface area contributed by atoms with Gasteiger partial charge in [0.05, 0.1) is 0 Å². The summed E-state index contributed by atoms with van der Waals surface area (Å²) in [5, 5.41) is 3.33. The minimum Gasteiger partial charge on any atom is -0.398 e. The summed E-state index contributed by atoms with van der Waals surface area (Å²) in [4.78, 5) is 12.8. The highest BCUT2D eigenvalue weighted by Gasteiger charge is 2.16. The zero-order valence-electron chi connectivity index (χ0n) is 11.1. The summed E-state index contributed by atoms with van der Waals surface area (Å²) in [6.45, 7) is 4.18. The van der Waals surface area contributed by atoms with Gasteiger partial charge < -0.3 is 15.8 Å². The van der Waals surface area contributed by atoms with E-state index in [1.165, 1.54) is 0 Å². The number of nitrogen functional groups attached to an aromatic ring is 1. The molecule has 0 bridgehead atoms. The summed E-state index contributed by atoms with van der Waals surface area (Å²) >= 11 is 1.79. The lowest BCUT2D eigenvalue weighted by Crippen LogP contribution is -2.22. The van der Waals surface area contributed by atoms with E-state index < -0.39 is 0 Å². The van der Waals surface area contributed by atoms with Gasteiger partial charge in [0.2, 0.25) is 0 Å². The Labute approximate surface area is 118 Å². The van der Waals surface area contributed by atoms with Crippen molar-refractivity contribution < 1.29 is 9.53 Å². The summed E-state index contributed by atoms with van der Waals surface area (Å²) in [5.74, 6) is -0.0724. The molecule has 5 heteroatoms. The highest BCUT2D eigenvalue weighted by molar-refractivity contribution is 8.00. The molecule has 0 spiro atoms. The minimum atomic E-state index is -0.0724. The third kappa shape index (κ3) is 3.88. The van der Waals surface area contributed by atoms with Crippen molar-refractivity contribution in [1.29, 1.82) is 0 Å². The molecular formula is C14H20N2O2S. The molecule has 0 atom stereocenters. The SMILES string of the molecule is CCNC(=O)c1ccc(SC2CCOCC2)c(N)c1. The Morgan fingerprint density at radius 2 is 2.21 bits per heavy atom. The number of benzene rings is 1. The van der Waals surface area contributed by atoms with Crippen molar-refractivity contribution in [3.05, 3.63) is 23.8 Å². The molecule has 0 saturated carbocycles. The highest BCUT2D eigenvalue weighted by Crippen LogP contribution is 2.33. The van der Waals surface area contributed by atoms with Crippen LogP contribution in [-0.2, 0) is 4.74 Å². The van der Waals surface area contributed by atoms with Crippen LogP contribution in [0.25, 0.3) is 0 Å². The lowest BCUT2D eigenvalue weighted by atomic mass is 10.2. The first-order valence-electron chi connectivity index (χ1n) is 6.63. The summed E-state index contributed by atoms with van der Waals surface area (Å²) in [5.41, 5.74) is 7.34. The molecule has 0 aromatic heterocycles. The molecule has 3 N–H and O–H groups in total. The molecule has 1 aromatic rings. The molecule has 1 saturated heterocycles. The van der Waals surface area contributed by atoms with Crippen molar-refractivity contribution in [3.63, 3.8) is 0 Å². The van der Waals surface area contributed by atoms with Crippen molar-refractivity contribution >= 4 is 23.4 Å². The molecule has 1 aliphatic heterocycles. The number of carbonyl (C=O) groups excluding carboxylic acids is 1. The Bertz CT molecular complexity index is 445. The fourth-order valence-corrected chi connectivity index (χ4v) is 3.16. The maximum Gasteiger partial charge on any atom is 0.251 e. The van der Waals surface area contributed by atoms with E-state index in [2.05, 4.69) is 5.32 Å². The van der Waals surface area contributed by atoms with Crippen LogP contribution >= 0.6 is 11.8 Å². The maximum atomic E-state index is 11.7. The molecule has 1 aromatic carbocycles. The van der Waals surface area contributed by atoms with Crippen LogP contribution in [0.3, 0.4) is 0 Å². The highest BCUT2D eigenvalue weighted by atomic mass is 32.2. The van der Waals surface area contributed by atoms with E-state index in [0.29, 0.717) is 23.0 Å². The topological polar surface area (TPSA) is 64.3 Å². The molecular weight excluding hydrogens is 260 g/mol. The zero-order chi connectivity index (χ0) is 13.7. The van der Waals surface area contributed by atoms with Gasteiger partial charge in [0.25, 0.3) is 5.91 Å². The van der Waals surface area contributed by atoms with Gasteiger partial charge in [0.1, 0.15) is 0 Å². The normalized spacial score (nSPS) is 16.3. The Balaban J connectivity index is 2.04. The molecule has 104 valence electrons. The van der Waals surface area contributed by atoms with E-state index in [1.807, 2.05) is 19.1 Å². The van der Waals surface area contributed by atoms with E-state index in [-0.39, 0.29) is 5.91 Å². The molecule has 1 aliphatic rings. The number of carbonyl (C=O) groups is 1. The number of nitrogens with one attached hydrogen (secondary N) is 1. The van der Waals surface area contributed by atoms with Crippen LogP contribution in [-0.4, -0.2) is 30.9 Å².